The van der Waals surface area contributed by atoms with E-state index in [1.54, 1.807) is 13.8 Å². The van der Waals surface area contributed by atoms with Gasteiger partial charge in [0.05, 0.1) is 6.42 Å². The van der Waals surface area contributed by atoms with Crippen molar-refractivity contribution < 1.29 is 48.5 Å². The first-order chi connectivity index (χ1) is 18.3. The van der Waals surface area contributed by atoms with Crippen LogP contribution in [0.5, 0.6) is 0 Å². The fourth-order valence-corrected chi connectivity index (χ4v) is 3.45. The minimum absolute atomic E-state index is 0.0380. The summed E-state index contributed by atoms with van der Waals surface area (Å²) in [4.78, 5) is 84.2. The van der Waals surface area contributed by atoms with Crippen LogP contribution in [0, 0.1) is 5.92 Å². The summed E-state index contributed by atoms with van der Waals surface area (Å²) in [7, 11) is 0. The second kappa shape index (κ2) is 16.5. The number of carboxylic acids is 2. The Labute approximate surface area is 225 Å². The number of aliphatic carboxylic acids is 2. The molecule has 1 aromatic carbocycles. The predicted molar refractivity (Wildman–Crippen MR) is 136 cm³/mol. The quantitative estimate of drug-likeness (QED) is 0.167. The number of hydrogen-bond acceptors (Lipinski definition) is 8. The highest BCUT2D eigenvalue weighted by atomic mass is 16.5. The summed E-state index contributed by atoms with van der Waals surface area (Å²) in [5.74, 6) is -6.95. The van der Waals surface area contributed by atoms with Crippen LogP contribution in [0.15, 0.2) is 30.3 Å². The van der Waals surface area contributed by atoms with E-state index in [-0.39, 0.29) is 12.8 Å². The van der Waals surface area contributed by atoms with Crippen LogP contribution in [-0.4, -0.2) is 76.4 Å². The lowest BCUT2D eigenvalue weighted by Crippen LogP contribution is -2.57. The number of Topliss-reactive ketones (excluding diaryl/α,β-unsaturated/α-hetero) is 1. The minimum atomic E-state index is -1.53. The molecule has 3 amide bonds. The van der Waals surface area contributed by atoms with Gasteiger partial charge in [-0.2, -0.15) is 0 Å². The maximum absolute atomic E-state index is 13.0. The van der Waals surface area contributed by atoms with Gasteiger partial charge >= 0.3 is 17.9 Å². The molecule has 0 aliphatic carbocycles. The Balaban J connectivity index is 2.95. The van der Waals surface area contributed by atoms with E-state index in [4.69, 9.17) is 10.2 Å². The summed E-state index contributed by atoms with van der Waals surface area (Å²) < 4.78 is 4.59. The lowest BCUT2D eigenvalue weighted by Gasteiger charge is -2.27. The van der Waals surface area contributed by atoms with Gasteiger partial charge in [-0.25, -0.2) is 0 Å². The van der Waals surface area contributed by atoms with Gasteiger partial charge in [0.1, 0.15) is 18.1 Å². The Bertz CT molecular complexity index is 1040. The SMILES string of the molecule is CC(=O)OCC(=O)C(CC(=O)O)NC(=O)C(NC(=O)C(CCC(=O)O)NC(=O)CCc1ccccc1)C(C)C. The maximum atomic E-state index is 13.0. The number of benzene rings is 1. The zero-order chi connectivity index (χ0) is 29.5. The highest BCUT2D eigenvalue weighted by molar-refractivity contribution is 5.96. The molecule has 3 unspecified atom stereocenters. The molecule has 0 aliphatic rings. The second-order valence-electron chi connectivity index (χ2n) is 9.17. The lowest BCUT2D eigenvalue weighted by atomic mass is 10.0. The van der Waals surface area contributed by atoms with Crippen molar-refractivity contribution in [2.24, 2.45) is 5.92 Å². The highest BCUT2D eigenvalue weighted by Gasteiger charge is 2.32. The Morgan fingerprint density at radius 1 is 0.821 bits per heavy atom. The molecule has 0 spiro atoms. The van der Waals surface area contributed by atoms with Gasteiger partial charge < -0.3 is 30.9 Å². The lowest BCUT2D eigenvalue weighted by molar-refractivity contribution is -0.147. The Morgan fingerprint density at radius 2 is 1.46 bits per heavy atom. The zero-order valence-corrected chi connectivity index (χ0v) is 22.1. The number of ketones is 1. The average molecular weight is 550 g/mol. The van der Waals surface area contributed by atoms with Gasteiger partial charge in [0.15, 0.2) is 12.4 Å². The van der Waals surface area contributed by atoms with Crippen LogP contribution in [0.2, 0.25) is 0 Å². The van der Waals surface area contributed by atoms with E-state index in [9.17, 15) is 33.6 Å². The molecule has 39 heavy (non-hydrogen) atoms. The summed E-state index contributed by atoms with van der Waals surface area (Å²) in [5, 5.41) is 25.4. The van der Waals surface area contributed by atoms with E-state index in [0.717, 1.165) is 12.5 Å². The highest BCUT2D eigenvalue weighted by Crippen LogP contribution is 2.08. The summed E-state index contributed by atoms with van der Waals surface area (Å²) in [6.07, 6.45) is -1.03. The van der Waals surface area contributed by atoms with Crippen LogP contribution in [-0.2, 0) is 44.7 Å². The third-order valence-electron chi connectivity index (χ3n) is 5.53. The molecule has 0 aliphatic heterocycles. The van der Waals surface area contributed by atoms with E-state index in [1.165, 1.54) is 0 Å². The number of aryl methyl sites for hydroxylation is 1. The molecule has 0 fully saturated rings. The Kier molecular flexibility index (Phi) is 13.9. The van der Waals surface area contributed by atoms with E-state index in [0.29, 0.717) is 6.42 Å². The molecule has 0 bridgehead atoms. The third-order valence-corrected chi connectivity index (χ3v) is 5.53. The van der Waals surface area contributed by atoms with Crippen LogP contribution >= 0.6 is 0 Å². The summed E-state index contributed by atoms with van der Waals surface area (Å²) >= 11 is 0. The molecule has 0 saturated carbocycles. The number of hydrogen-bond donors (Lipinski definition) is 5. The number of esters is 1. The van der Waals surface area contributed by atoms with E-state index in [1.807, 2.05) is 30.3 Å². The topological polar surface area (TPSA) is 205 Å². The first-order valence-electron chi connectivity index (χ1n) is 12.3. The number of amides is 3. The predicted octanol–water partition coefficient (Wildman–Crippen LogP) is 0.201. The minimum Gasteiger partial charge on any atom is -0.481 e. The van der Waals surface area contributed by atoms with Crippen LogP contribution in [0.1, 0.15) is 52.0 Å². The normalized spacial score (nSPS) is 12.9. The molecule has 13 nitrogen and oxygen atoms in total. The zero-order valence-electron chi connectivity index (χ0n) is 22.1. The molecular weight excluding hydrogens is 514 g/mol. The van der Waals surface area contributed by atoms with Crippen molar-refractivity contribution in [2.45, 2.75) is 71.0 Å². The second-order valence-corrected chi connectivity index (χ2v) is 9.17. The van der Waals surface area contributed by atoms with Gasteiger partial charge in [-0.1, -0.05) is 44.2 Å². The molecule has 13 heteroatoms. The number of carbonyl (C=O) groups excluding carboxylic acids is 5. The van der Waals surface area contributed by atoms with Crippen LogP contribution < -0.4 is 16.0 Å². The number of rotatable bonds is 17. The number of nitrogens with one attached hydrogen (secondary N) is 3. The number of carboxylic acid groups (broad SMARTS) is 2. The molecule has 0 saturated heterocycles. The molecule has 3 atom stereocenters. The summed E-state index contributed by atoms with van der Waals surface area (Å²) in [6, 6.07) is 5.08. The fraction of sp³-hybridized carbons (Fsp3) is 0.500. The van der Waals surface area contributed by atoms with Crippen molar-refractivity contribution in [3.05, 3.63) is 35.9 Å². The van der Waals surface area contributed by atoms with Gasteiger partial charge in [-0.15, -0.1) is 0 Å². The van der Waals surface area contributed by atoms with Crippen LogP contribution in [0.25, 0.3) is 0 Å². The Morgan fingerprint density at radius 3 is 2.00 bits per heavy atom. The van der Waals surface area contributed by atoms with Crippen LogP contribution in [0.4, 0.5) is 0 Å². The largest absolute Gasteiger partial charge is 0.481 e. The fourth-order valence-electron chi connectivity index (χ4n) is 3.45. The van der Waals surface area contributed by atoms with Crippen molar-refractivity contribution in [1.29, 1.82) is 0 Å². The third kappa shape index (κ3) is 13.2. The standard InChI is InChI=1S/C26H35N3O10/c1-15(2)24(26(38)28-19(13-23(35)36)20(31)14-39-16(3)30)29-25(37)18(10-12-22(33)34)27-21(32)11-9-17-7-5-4-6-8-17/h4-8,15,18-19,24H,9-14H2,1-3H3,(H,27,32)(H,28,38)(H,29,37)(H,33,34)(H,35,36). The summed E-state index contributed by atoms with van der Waals surface area (Å²) in [5.41, 5.74) is 0.898. The average Bonchev–Trinajstić information content (AvgIpc) is 2.86. The van der Waals surface area contributed by atoms with Gasteiger partial charge in [-0.05, 0) is 24.3 Å². The molecule has 1 rings (SSSR count). The van der Waals surface area contributed by atoms with E-state index in [2.05, 4.69) is 20.7 Å². The molecule has 1 aromatic rings. The van der Waals surface area contributed by atoms with Gasteiger partial charge in [0.25, 0.3) is 0 Å². The molecular formula is C26H35N3O10. The molecule has 214 valence electrons. The van der Waals surface area contributed by atoms with Crippen molar-refractivity contribution in [3.63, 3.8) is 0 Å². The number of carbonyl (C=O) groups is 7. The van der Waals surface area contributed by atoms with Crippen molar-refractivity contribution >= 4 is 41.4 Å². The monoisotopic (exact) mass is 549 g/mol. The van der Waals surface area contributed by atoms with Gasteiger partial charge in [0.2, 0.25) is 17.7 Å². The van der Waals surface area contributed by atoms with E-state index < -0.39 is 84.9 Å². The smallest absolute Gasteiger partial charge is 0.305 e. The first kappa shape index (κ1) is 32.7. The molecule has 0 radical (unpaired) electrons. The van der Waals surface area contributed by atoms with Crippen molar-refractivity contribution in [1.82, 2.24) is 16.0 Å². The van der Waals surface area contributed by atoms with Crippen molar-refractivity contribution in [3.8, 4) is 0 Å². The summed E-state index contributed by atoms with van der Waals surface area (Å²) in [6.45, 7) is 3.48. The maximum Gasteiger partial charge on any atom is 0.305 e. The Hall–Kier alpha value is -4.29. The van der Waals surface area contributed by atoms with Gasteiger partial charge in [0, 0.05) is 19.8 Å². The molecule has 0 aromatic heterocycles. The number of ether oxygens (including phenoxy) is 1. The van der Waals surface area contributed by atoms with E-state index >= 15 is 0 Å². The van der Waals surface area contributed by atoms with Crippen LogP contribution in [0.3, 0.4) is 0 Å². The first-order valence-corrected chi connectivity index (χ1v) is 12.3. The van der Waals surface area contributed by atoms with Gasteiger partial charge in [-0.3, -0.25) is 33.6 Å². The molecule has 0 heterocycles. The molecule has 5 N–H and O–H groups in total. The van der Waals surface area contributed by atoms with Crippen molar-refractivity contribution in [2.75, 3.05) is 6.61 Å².